The van der Waals surface area contributed by atoms with Crippen LogP contribution in [0.2, 0.25) is 0 Å². The average Bonchev–Trinajstić information content (AvgIpc) is 2.99. The van der Waals surface area contributed by atoms with E-state index in [4.69, 9.17) is 4.42 Å². The third-order valence-corrected chi connectivity index (χ3v) is 3.33. The Morgan fingerprint density at radius 2 is 1.45 bits per heavy atom. The summed E-state index contributed by atoms with van der Waals surface area (Å²) in [6.45, 7) is 0. The molecule has 0 aliphatic carbocycles. The molecule has 3 aromatic rings. The zero-order valence-corrected chi connectivity index (χ0v) is 11.9. The van der Waals surface area contributed by atoms with E-state index in [9.17, 15) is 8.78 Å². The fourth-order valence-electron chi connectivity index (χ4n) is 2.28. The van der Waals surface area contributed by atoms with Crippen molar-refractivity contribution in [2.24, 2.45) is 0 Å². The molecule has 0 fully saturated rings. The standard InChI is InChI=1S/C18H15F2NO/c19-15(20)11-12-16-21-17(13-7-3-1-4-8-13)18(22-16)14-9-5-2-6-10-14/h1-10,15H,11-12H2. The van der Waals surface area contributed by atoms with Crippen LogP contribution in [0.4, 0.5) is 8.78 Å². The molecule has 1 aromatic heterocycles. The van der Waals surface area contributed by atoms with E-state index in [1.807, 2.05) is 60.7 Å². The number of aromatic nitrogens is 1. The number of alkyl halides is 2. The van der Waals surface area contributed by atoms with Crippen molar-refractivity contribution in [1.29, 1.82) is 0 Å². The summed E-state index contributed by atoms with van der Waals surface area (Å²) in [6, 6.07) is 19.2. The molecular weight excluding hydrogens is 284 g/mol. The number of oxazole rings is 1. The van der Waals surface area contributed by atoms with Crippen molar-refractivity contribution in [2.45, 2.75) is 19.3 Å². The summed E-state index contributed by atoms with van der Waals surface area (Å²) in [5, 5.41) is 0. The highest BCUT2D eigenvalue weighted by molar-refractivity contribution is 5.76. The van der Waals surface area contributed by atoms with Gasteiger partial charge in [0.2, 0.25) is 6.43 Å². The molecule has 0 N–H and O–H groups in total. The summed E-state index contributed by atoms with van der Waals surface area (Å²) < 4.78 is 30.6. The molecule has 0 aliphatic rings. The first-order valence-corrected chi connectivity index (χ1v) is 7.13. The zero-order valence-electron chi connectivity index (χ0n) is 11.9. The molecular formula is C18H15F2NO. The first kappa shape index (κ1) is 14.4. The molecule has 0 radical (unpaired) electrons. The molecule has 0 amide bonds. The molecule has 0 aliphatic heterocycles. The smallest absolute Gasteiger partial charge is 0.239 e. The number of hydrogen-bond donors (Lipinski definition) is 0. The van der Waals surface area contributed by atoms with Gasteiger partial charge in [-0.3, -0.25) is 0 Å². The van der Waals surface area contributed by atoms with E-state index < -0.39 is 6.43 Å². The fraction of sp³-hybridized carbons (Fsp3) is 0.167. The van der Waals surface area contributed by atoms with Gasteiger partial charge in [0.05, 0.1) is 0 Å². The number of rotatable bonds is 5. The average molecular weight is 299 g/mol. The Morgan fingerprint density at radius 3 is 2.05 bits per heavy atom. The maximum absolute atomic E-state index is 12.4. The number of nitrogens with zero attached hydrogens (tertiary/aromatic N) is 1. The van der Waals surface area contributed by atoms with E-state index in [2.05, 4.69) is 4.98 Å². The molecule has 2 nitrogen and oxygen atoms in total. The van der Waals surface area contributed by atoms with Gasteiger partial charge in [0, 0.05) is 24.0 Å². The van der Waals surface area contributed by atoms with E-state index in [0.29, 0.717) is 17.3 Å². The summed E-state index contributed by atoms with van der Waals surface area (Å²) in [5.74, 6) is 0.967. The van der Waals surface area contributed by atoms with Crippen molar-refractivity contribution in [1.82, 2.24) is 4.98 Å². The van der Waals surface area contributed by atoms with Gasteiger partial charge in [0.1, 0.15) is 5.69 Å². The maximum Gasteiger partial charge on any atom is 0.239 e. The summed E-state index contributed by atoms with van der Waals surface area (Å²) >= 11 is 0. The molecule has 112 valence electrons. The Hall–Kier alpha value is -2.49. The molecule has 0 saturated heterocycles. The first-order chi connectivity index (χ1) is 10.7. The van der Waals surface area contributed by atoms with Gasteiger partial charge in [-0.05, 0) is 0 Å². The Balaban J connectivity index is 2.03. The highest BCUT2D eigenvalue weighted by atomic mass is 19.3. The Kier molecular flexibility index (Phi) is 4.28. The second kappa shape index (κ2) is 6.52. The number of aryl methyl sites for hydroxylation is 1. The van der Waals surface area contributed by atoms with E-state index in [0.717, 1.165) is 11.1 Å². The highest BCUT2D eigenvalue weighted by Gasteiger charge is 2.17. The van der Waals surface area contributed by atoms with Gasteiger partial charge in [-0.2, -0.15) is 0 Å². The summed E-state index contributed by atoms with van der Waals surface area (Å²) in [4.78, 5) is 4.43. The van der Waals surface area contributed by atoms with Crippen LogP contribution in [0.5, 0.6) is 0 Å². The van der Waals surface area contributed by atoms with Gasteiger partial charge in [-0.1, -0.05) is 60.7 Å². The normalized spacial score (nSPS) is 11.0. The highest BCUT2D eigenvalue weighted by Crippen LogP contribution is 2.32. The summed E-state index contributed by atoms with van der Waals surface area (Å²) in [7, 11) is 0. The molecule has 22 heavy (non-hydrogen) atoms. The maximum atomic E-state index is 12.4. The minimum Gasteiger partial charge on any atom is -0.440 e. The molecule has 2 aromatic carbocycles. The van der Waals surface area contributed by atoms with Crippen LogP contribution >= 0.6 is 0 Å². The van der Waals surface area contributed by atoms with Crippen LogP contribution in [0, 0.1) is 0 Å². The Bertz CT molecular complexity index is 666. The largest absolute Gasteiger partial charge is 0.440 e. The van der Waals surface area contributed by atoms with E-state index >= 15 is 0 Å². The Morgan fingerprint density at radius 1 is 0.864 bits per heavy atom. The molecule has 0 atom stereocenters. The number of hydrogen-bond acceptors (Lipinski definition) is 2. The molecule has 0 spiro atoms. The quantitative estimate of drug-likeness (QED) is 0.646. The lowest BCUT2D eigenvalue weighted by Gasteiger charge is -2.00. The van der Waals surface area contributed by atoms with Crippen molar-refractivity contribution in [2.75, 3.05) is 0 Å². The van der Waals surface area contributed by atoms with Crippen LogP contribution in [0.25, 0.3) is 22.6 Å². The van der Waals surface area contributed by atoms with Crippen LogP contribution < -0.4 is 0 Å². The third-order valence-electron chi connectivity index (χ3n) is 3.33. The SMILES string of the molecule is FC(F)CCc1nc(-c2ccccc2)c(-c2ccccc2)o1. The molecule has 0 saturated carbocycles. The van der Waals surface area contributed by atoms with Crippen molar-refractivity contribution in [3.8, 4) is 22.6 Å². The predicted octanol–water partition coefficient (Wildman–Crippen LogP) is 5.21. The Labute approximate surface area is 127 Å². The van der Waals surface area contributed by atoms with Gasteiger partial charge in [-0.15, -0.1) is 0 Å². The minimum atomic E-state index is -2.35. The van der Waals surface area contributed by atoms with E-state index in [1.165, 1.54) is 0 Å². The van der Waals surface area contributed by atoms with Crippen LogP contribution in [-0.4, -0.2) is 11.4 Å². The van der Waals surface area contributed by atoms with Gasteiger partial charge in [-0.25, -0.2) is 13.8 Å². The van der Waals surface area contributed by atoms with Gasteiger partial charge in [0.25, 0.3) is 0 Å². The molecule has 4 heteroatoms. The topological polar surface area (TPSA) is 26.0 Å². The van der Waals surface area contributed by atoms with Gasteiger partial charge >= 0.3 is 0 Å². The molecule has 0 bridgehead atoms. The predicted molar refractivity (Wildman–Crippen MR) is 81.7 cm³/mol. The molecule has 0 unspecified atom stereocenters. The monoisotopic (exact) mass is 299 g/mol. The van der Waals surface area contributed by atoms with Gasteiger partial charge in [0.15, 0.2) is 11.7 Å². The second-order valence-corrected chi connectivity index (χ2v) is 4.95. The minimum absolute atomic E-state index is 0.129. The molecule has 1 heterocycles. The van der Waals surface area contributed by atoms with Crippen LogP contribution in [0.15, 0.2) is 65.1 Å². The molecule has 3 rings (SSSR count). The van der Waals surface area contributed by atoms with Crippen LogP contribution in [0.3, 0.4) is 0 Å². The van der Waals surface area contributed by atoms with Crippen molar-refractivity contribution in [3.63, 3.8) is 0 Å². The third kappa shape index (κ3) is 3.22. The van der Waals surface area contributed by atoms with Crippen molar-refractivity contribution >= 4 is 0 Å². The lowest BCUT2D eigenvalue weighted by molar-refractivity contribution is 0.135. The van der Waals surface area contributed by atoms with E-state index in [1.54, 1.807) is 0 Å². The van der Waals surface area contributed by atoms with Crippen molar-refractivity contribution < 1.29 is 13.2 Å². The fourth-order valence-corrected chi connectivity index (χ4v) is 2.28. The van der Waals surface area contributed by atoms with Crippen LogP contribution in [-0.2, 0) is 6.42 Å². The van der Waals surface area contributed by atoms with Crippen molar-refractivity contribution in [3.05, 3.63) is 66.6 Å². The lowest BCUT2D eigenvalue weighted by Crippen LogP contribution is -1.94. The zero-order chi connectivity index (χ0) is 15.4. The first-order valence-electron chi connectivity index (χ1n) is 7.13. The van der Waals surface area contributed by atoms with Gasteiger partial charge < -0.3 is 4.42 Å². The van der Waals surface area contributed by atoms with E-state index in [-0.39, 0.29) is 12.8 Å². The summed E-state index contributed by atoms with van der Waals surface area (Å²) in [5.41, 5.74) is 2.49. The number of benzene rings is 2. The lowest BCUT2D eigenvalue weighted by atomic mass is 10.1. The number of halogens is 2. The van der Waals surface area contributed by atoms with Crippen LogP contribution in [0.1, 0.15) is 12.3 Å². The summed E-state index contributed by atoms with van der Waals surface area (Å²) in [6.07, 6.45) is -2.47. The second-order valence-electron chi connectivity index (χ2n) is 4.95.